The van der Waals surface area contributed by atoms with Crippen LogP contribution >= 0.6 is 0 Å². The van der Waals surface area contributed by atoms with Gasteiger partial charge in [0.25, 0.3) is 5.91 Å². The Kier molecular flexibility index (Phi) is 5.58. The third-order valence-electron chi connectivity index (χ3n) is 5.20. The molecule has 0 saturated carbocycles. The Bertz CT molecular complexity index is 1240. The fourth-order valence-corrected chi connectivity index (χ4v) is 3.73. The molecule has 1 unspecified atom stereocenters. The third kappa shape index (κ3) is 4.35. The molecule has 0 saturated heterocycles. The molecule has 3 heterocycles. The molecule has 1 atom stereocenters. The number of benzene rings is 1. The van der Waals surface area contributed by atoms with E-state index in [9.17, 15) is 4.79 Å². The molecular formula is C24H24N6O. The SMILES string of the molecule is Cc1ccc2nc(-c3cnc(N)nc3)c(C)c(C(=O)NC(C)Cc3cccnc3)c2c1. The van der Waals surface area contributed by atoms with E-state index in [1.54, 1.807) is 18.6 Å². The maximum atomic E-state index is 13.4. The zero-order chi connectivity index (χ0) is 22.0. The fourth-order valence-electron chi connectivity index (χ4n) is 3.73. The number of anilines is 1. The molecular weight excluding hydrogens is 388 g/mol. The maximum absolute atomic E-state index is 13.4. The number of hydrogen-bond donors (Lipinski definition) is 2. The molecule has 1 amide bonds. The highest BCUT2D eigenvalue weighted by Crippen LogP contribution is 2.30. The smallest absolute Gasteiger partial charge is 0.252 e. The summed E-state index contributed by atoms with van der Waals surface area (Å²) in [5.41, 5.74) is 11.3. The van der Waals surface area contributed by atoms with Crippen LogP contribution in [0.5, 0.6) is 0 Å². The highest BCUT2D eigenvalue weighted by molar-refractivity contribution is 6.09. The molecule has 0 bridgehead atoms. The Morgan fingerprint density at radius 2 is 1.90 bits per heavy atom. The second kappa shape index (κ2) is 8.47. The summed E-state index contributed by atoms with van der Waals surface area (Å²) >= 11 is 0. The maximum Gasteiger partial charge on any atom is 0.252 e. The average molecular weight is 412 g/mol. The molecule has 4 aromatic rings. The van der Waals surface area contributed by atoms with E-state index in [-0.39, 0.29) is 17.9 Å². The van der Waals surface area contributed by atoms with E-state index in [1.165, 1.54) is 0 Å². The first kappa shape index (κ1) is 20.4. The number of rotatable bonds is 5. The van der Waals surface area contributed by atoms with Gasteiger partial charge in [-0.1, -0.05) is 17.7 Å². The van der Waals surface area contributed by atoms with Crippen molar-refractivity contribution >= 4 is 22.8 Å². The van der Waals surface area contributed by atoms with Gasteiger partial charge in [-0.3, -0.25) is 9.78 Å². The molecule has 7 nitrogen and oxygen atoms in total. The lowest BCUT2D eigenvalue weighted by Gasteiger charge is -2.18. The van der Waals surface area contributed by atoms with Gasteiger partial charge in [-0.2, -0.15) is 0 Å². The summed E-state index contributed by atoms with van der Waals surface area (Å²) in [6.45, 7) is 5.90. The van der Waals surface area contributed by atoms with E-state index >= 15 is 0 Å². The number of pyridine rings is 2. The molecule has 31 heavy (non-hydrogen) atoms. The Hall–Kier alpha value is -3.87. The number of nitrogens with one attached hydrogen (secondary N) is 1. The molecule has 0 spiro atoms. The third-order valence-corrected chi connectivity index (χ3v) is 5.20. The second-order valence-electron chi connectivity index (χ2n) is 7.75. The van der Waals surface area contributed by atoms with Crippen molar-refractivity contribution in [2.24, 2.45) is 0 Å². The number of fused-ring (bicyclic) bond motifs is 1. The van der Waals surface area contributed by atoms with Gasteiger partial charge in [-0.25, -0.2) is 15.0 Å². The number of carbonyl (C=O) groups excluding carboxylic acids is 1. The van der Waals surface area contributed by atoms with E-state index in [0.29, 0.717) is 23.2 Å². The van der Waals surface area contributed by atoms with Gasteiger partial charge in [0.2, 0.25) is 5.95 Å². The summed E-state index contributed by atoms with van der Waals surface area (Å²) in [6, 6.07) is 9.76. The topological polar surface area (TPSA) is 107 Å². The van der Waals surface area contributed by atoms with Crippen LogP contribution in [0.3, 0.4) is 0 Å². The number of aryl methyl sites for hydroxylation is 1. The summed E-state index contributed by atoms with van der Waals surface area (Å²) in [5, 5.41) is 3.96. The van der Waals surface area contributed by atoms with Crippen LogP contribution in [0.25, 0.3) is 22.2 Å². The lowest BCUT2D eigenvalue weighted by atomic mass is 9.96. The van der Waals surface area contributed by atoms with Gasteiger partial charge in [-0.05, 0) is 56.5 Å². The number of aromatic nitrogens is 4. The van der Waals surface area contributed by atoms with Gasteiger partial charge in [0, 0.05) is 41.8 Å². The van der Waals surface area contributed by atoms with Crippen molar-refractivity contribution in [3.63, 3.8) is 0 Å². The van der Waals surface area contributed by atoms with Gasteiger partial charge in [0.15, 0.2) is 0 Å². The van der Waals surface area contributed by atoms with E-state index in [4.69, 9.17) is 10.7 Å². The Balaban J connectivity index is 1.75. The van der Waals surface area contributed by atoms with Crippen molar-refractivity contribution in [2.75, 3.05) is 5.73 Å². The number of nitrogen functional groups attached to an aromatic ring is 1. The summed E-state index contributed by atoms with van der Waals surface area (Å²) in [7, 11) is 0. The molecule has 0 fully saturated rings. The molecule has 4 rings (SSSR count). The zero-order valence-corrected chi connectivity index (χ0v) is 17.8. The van der Waals surface area contributed by atoms with Crippen LogP contribution in [0.15, 0.2) is 55.1 Å². The summed E-state index contributed by atoms with van der Waals surface area (Å²) in [5.74, 6) is 0.0597. The van der Waals surface area contributed by atoms with Gasteiger partial charge >= 0.3 is 0 Å². The Morgan fingerprint density at radius 1 is 1.13 bits per heavy atom. The van der Waals surface area contributed by atoms with Crippen molar-refractivity contribution in [1.29, 1.82) is 0 Å². The highest BCUT2D eigenvalue weighted by atomic mass is 16.1. The number of hydrogen-bond acceptors (Lipinski definition) is 6. The predicted molar refractivity (Wildman–Crippen MR) is 122 cm³/mol. The van der Waals surface area contributed by atoms with Crippen LogP contribution in [0.4, 0.5) is 5.95 Å². The molecule has 1 aromatic carbocycles. The average Bonchev–Trinajstić information content (AvgIpc) is 2.74. The fraction of sp³-hybridized carbons (Fsp3) is 0.208. The second-order valence-corrected chi connectivity index (χ2v) is 7.75. The van der Waals surface area contributed by atoms with E-state index in [0.717, 1.165) is 27.6 Å². The standard InChI is InChI=1S/C24H24N6O/c1-14-6-7-20-19(9-14)21(16(3)22(30-20)18-12-27-24(25)28-13-18)23(31)29-15(2)10-17-5-4-8-26-11-17/h4-9,11-13,15H,10H2,1-3H3,(H,29,31)(H2,25,27,28). The number of amides is 1. The molecule has 0 aliphatic heterocycles. The molecule has 0 aliphatic carbocycles. The van der Waals surface area contributed by atoms with Crippen LogP contribution < -0.4 is 11.1 Å². The van der Waals surface area contributed by atoms with Gasteiger partial charge in [0.1, 0.15) is 0 Å². The molecule has 7 heteroatoms. The van der Waals surface area contributed by atoms with E-state index < -0.39 is 0 Å². The number of nitrogens with zero attached hydrogens (tertiary/aromatic N) is 4. The van der Waals surface area contributed by atoms with Crippen LogP contribution in [-0.4, -0.2) is 31.9 Å². The zero-order valence-electron chi connectivity index (χ0n) is 17.8. The van der Waals surface area contributed by atoms with Crippen LogP contribution in [-0.2, 0) is 6.42 Å². The van der Waals surface area contributed by atoms with Crippen LogP contribution in [0.1, 0.15) is 34.0 Å². The summed E-state index contributed by atoms with van der Waals surface area (Å²) in [4.78, 5) is 30.5. The molecule has 0 radical (unpaired) electrons. The minimum atomic E-state index is -0.135. The monoisotopic (exact) mass is 412 g/mol. The lowest BCUT2D eigenvalue weighted by Crippen LogP contribution is -2.34. The summed E-state index contributed by atoms with van der Waals surface area (Å²) < 4.78 is 0. The number of carbonyl (C=O) groups is 1. The van der Waals surface area contributed by atoms with E-state index in [2.05, 4.69) is 20.3 Å². The summed E-state index contributed by atoms with van der Waals surface area (Å²) in [6.07, 6.45) is 7.51. The minimum absolute atomic E-state index is 0.0626. The van der Waals surface area contributed by atoms with Crippen LogP contribution in [0, 0.1) is 13.8 Å². The first-order valence-corrected chi connectivity index (χ1v) is 10.1. The van der Waals surface area contributed by atoms with Gasteiger partial charge in [0.05, 0.1) is 16.8 Å². The van der Waals surface area contributed by atoms with Crippen molar-refractivity contribution in [3.8, 4) is 11.3 Å². The predicted octanol–water partition coefficient (Wildman–Crippen LogP) is 3.65. The van der Waals surface area contributed by atoms with Crippen molar-refractivity contribution in [2.45, 2.75) is 33.2 Å². The molecule has 0 aliphatic rings. The Morgan fingerprint density at radius 3 is 2.61 bits per heavy atom. The Labute approximate surface area is 180 Å². The largest absolute Gasteiger partial charge is 0.368 e. The number of nitrogens with two attached hydrogens (primary N) is 1. The first-order chi connectivity index (χ1) is 14.9. The highest BCUT2D eigenvalue weighted by Gasteiger charge is 2.21. The van der Waals surface area contributed by atoms with Crippen LogP contribution in [0.2, 0.25) is 0 Å². The molecule has 3 N–H and O–H groups in total. The normalized spacial score (nSPS) is 12.0. The lowest BCUT2D eigenvalue weighted by molar-refractivity contribution is 0.0941. The van der Waals surface area contributed by atoms with Crippen molar-refractivity contribution < 1.29 is 4.79 Å². The van der Waals surface area contributed by atoms with E-state index in [1.807, 2.05) is 57.3 Å². The first-order valence-electron chi connectivity index (χ1n) is 10.1. The molecule has 156 valence electrons. The van der Waals surface area contributed by atoms with Gasteiger partial charge < -0.3 is 11.1 Å². The van der Waals surface area contributed by atoms with Gasteiger partial charge in [-0.15, -0.1) is 0 Å². The molecule has 3 aromatic heterocycles. The van der Waals surface area contributed by atoms with Crippen molar-refractivity contribution in [1.82, 2.24) is 25.3 Å². The minimum Gasteiger partial charge on any atom is -0.368 e. The quantitative estimate of drug-likeness (QED) is 0.518. The van der Waals surface area contributed by atoms with Crippen molar-refractivity contribution in [3.05, 3.63) is 77.4 Å².